The van der Waals surface area contributed by atoms with Crippen molar-refractivity contribution in [2.75, 3.05) is 0 Å². The van der Waals surface area contributed by atoms with E-state index in [1.54, 1.807) is 0 Å². The molecule has 0 aliphatic carbocycles. The van der Waals surface area contributed by atoms with Crippen LogP contribution in [0.4, 0.5) is 0 Å². The lowest BCUT2D eigenvalue weighted by Crippen LogP contribution is -2.02. The van der Waals surface area contributed by atoms with Crippen molar-refractivity contribution in [2.24, 2.45) is 0 Å². The lowest BCUT2D eigenvalue weighted by atomic mass is 9.83. The molecule has 0 unspecified atom stereocenters. The maximum atomic E-state index is 4.16. The molecule has 2 aromatic carbocycles. The number of allylic oxidation sites excluding steroid dienone is 4. The van der Waals surface area contributed by atoms with E-state index in [2.05, 4.69) is 93.2 Å². The summed E-state index contributed by atoms with van der Waals surface area (Å²) in [6.07, 6.45) is 14.2. The molecule has 0 aliphatic rings. The molecule has 0 bridgehead atoms. The van der Waals surface area contributed by atoms with Crippen LogP contribution >= 0.6 is 15.9 Å². The first-order valence-corrected chi connectivity index (χ1v) is 10.3. The van der Waals surface area contributed by atoms with E-state index in [0.29, 0.717) is 0 Å². The molecule has 0 radical (unpaired) electrons. The Hall–Kier alpha value is -2.12. The van der Waals surface area contributed by atoms with Crippen molar-refractivity contribution in [1.29, 1.82) is 0 Å². The van der Waals surface area contributed by atoms with Gasteiger partial charge in [-0.05, 0) is 84.2 Å². The van der Waals surface area contributed by atoms with E-state index in [-0.39, 0.29) is 0 Å². The van der Waals surface area contributed by atoms with Crippen LogP contribution in [0, 0.1) is 13.8 Å². The van der Waals surface area contributed by atoms with E-state index in [1.165, 1.54) is 44.5 Å². The normalized spacial score (nSPS) is 11.4. The molecule has 0 spiro atoms. The van der Waals surface area contributed by atoms with Gasteiger partial charge in [0.1, 0.15) is 0 Å². The van der Waals surface area contributed by atoms with E-state index < -0.39 is 0 Å². The van der Waals surface area contributed by atoms with E-state index in [4.69, 9.17) is 0 Å². The molecule has 0 N–H and O–H groups in total. The van der Waals surface area contributed by atoms with Gasteiger partial charge in [0, 0.05) is 4.47 Å². The summed E-state index contributed by atoms with van der Waals surface area (Å²) in [6.45, 7) is 16.6. The van der Waals surface area contributed by atoms with Gasteiger partial charge in [-0.25, -0.2) is 0 Å². The summed E-state index contributed by atoms with van der Waals surface area (Å²) < 4.78 is 1.14. The average molecular weight is 421 g/mol. The zero-order valence-corrected chi connectivity index (χ0v) is 18.5. The SMILES string of the molecule is C=C/C=C\c1c(C)ccc(CC)c1-c1c(C)cc(Br)c(C/C=C\C)c1C=C. The van der Waals surface area contributed by atoms with E-state index in [1.807, 2.05) is 18.2 Å². The van der Waals surface area contributed by atoms with Crippen LogP contribution in [0.25, 0.3) is 23.3 Å². The minimum atomic E-state index is 0.886. The first-order valence-electron chi connectivity index (χ1n) is 9.47. The fourth-order valence-corrected chi connectivity index (χ4v) is 4.30. The summed E-state index contributed by atoms with van der Waals surface area (Å²) in [6, 6.07) is 6.72. The van der Waals surface area contributed by atoms with Gasteiger partial charge >= 0.3 is 0 Å². The van der Waals surface area contributed by atoms with Crippen LogP contribution in [-0.2, 0) is 12.8 Å². The second kappa shape index (κ2) is 9.71. The minimum absolute atomic E-state index is 0.886. The Morgan fingerprint density at radius 1 is 1.04 bits per heavy atom. The summed E-state index contributed by atoms with van der Waals surface area (Å²) in [5.74, 6) is 0. The van der Waals surface area contributed by atoms with Gasteiger partial charge in [0.25, 0.3) is 0 Å². The van der Waals surface area contributed by atoms with Crippen molar-refractivity contribution in [3.05, 3.63) is 93.5 Å². The number of hydrogen-bond donors (Lipinski definition) is 0. The molecule has 0 aromatic heterocycles. The molecule has 2 aromatic rings. The highest BCUT2D eigenvalue weighted by molar-refractivity contribution is 9.10. The van der Waals surface area contributed by atoms with Crippen LogP contribution in [0.3, 0.4) is 0 Å². The molecule has 0 fully saturated rings. The summed E-state index contributed by atoms with van der Waals surface area (Å²) in [7, 11) is 0. The summed E-state index contributed by atoms with van der Waals surface area (Å²) in [5, 5.41) is 0. The molecule has 0 heterocycles. The Morgan fingerprint density at radius 2 is 1.78 bits per heavy atom. The number of hydrogen-bond acceptors (Lipinski definition) is 0. The van der Waals surface area contributed by atoms with Gasteiger partial charge in [-0.15, -0.1) is 0 Å². The maximum Gasteiger partial charge on any atom is 0.0219 e. The topological polar surface area (TPSA) is 0 Å². The van der Waals surface area contributed by atoms with Crippen LogP contribution in [0.1, 0.15) is 47.2 Å². The molecule has 0 nitrogen and oxygen atoms in total. The fourth-order valence-electron chi connectivity index (χ4n) is 3.58. The molecular formula is C26H29Br. The zero-order valence-electron chi connectivity index (χ0n) is 16.9. The fraction of sp³-hybridized carbons (Fsp3) is 0.231. The predicted octanol–water partition coefficient (Wildman–Crippen LogP) is 8.26. The van der Waals surface area contributed by atoms with Crippen molar-refractivity contribution in [2.45, 2.75) is 40.5 Å². The Labute approximate surface area is 173 Å². The first-order chi connectivity index (χ1) is 13.0. The van der Waals surface area contributed by atoms with Gasteiger partial charge < -0.3 is 0 Å². The number of halogens is 1. The Morgan fingerprint density at radius 3 is 2.37 bits per heavy atom. The number of benzene rings is 2. The molecular weight excluding hydrogens is 392 g/mol. The standard InChI is InChI=1S/C26H29Br/c1-7-11-13-22-18(5)15-16-20(9-3)26(22)25-19(6)17-24(27)23(14-12-8-2)21(25)10-4/h7-8,10-13,15-17H,1,4,9,14H2,2-3,5-6H3/b12-8-,13-11-. The van der Waals surface area contributed by atoms with Crippen LogP contribution in [-0.4, -0.2) is 0 Å². The van der Waals surface area contributed by atoms with Gasteiger partial charge in [-0.3, -0.25) is 0 Å². The molecule has 140 valence electrons. The van der Waals surface area contributed by atoms with Crippen molar-refractivity contribution in [3.63, 3.8) is 0 Å². The first kappa shape index (κ1) is 21.2. The van der Waals surface area contributed by atoms with Crippen molar-refractivity contribution >= 4 is 28.1 Å². The largest absolute Gasteiger partial charge is 0.0991 e. The van der Waals surface area contributed by atoms with Crippen LogP contribution in [0.2, 0.25) is 0 Å². The van der Waals surface area contributed by atoms with Gasteiger partial charge in [0.2, 0.25) is 0 Å². The molecule has 27 heavy (non-hydrogen) atoms. The molecule has 0 saturated carbocycles. The number of aryl methyl sites for hydroxylation is 3. The van der Waals surface area contributed by atoms with Crippen molar-refractivity contribution < 1.29 is 0 Å². The Balaban J connectivity index is 2.97. The molecule has 0 saturated heterocycles. The minimum Gasteiger partial charge on any atom is -0.0991 e. The van der Waals surface area contributed by atoms with Crippen LogP contribution < -0.4 is 0 Å². The monoisotopic (exact) mass is 420 g/mol. The lowest BCUT2D eigenvalue weighted by molar-refractivity contribution is 1.13. The summed E-state index contributed by atoms with van der Waals surface area (Å²) in [4.78, 5) is 0. The molecule has 0 aliphatic heterocycles. The van der Waals surface area contributed by atoms with Gasteiger partial charge in [0.15, 0.2) is 0 Å². The molecule has 1 heteroatoms. The highest BCUT2D eigenvalue weighted by atomic mass is 79.9. The maximum absolute atomic E-state index is 4.16. The predicted molar refractivity (Wildman–Crippen MR) is 126 cm³/mol. The second-order valence-electron chi connectivity index (χ2n) is 6.70. The molecule has 0 amide bonds. The molecule has 0 atom stereocenters. The summed E-state index contributed by atoms with van der Waals surface area (Å²) >= 11 is 3.78. The Kier molecular flexibility index (Phi) is 7.62. The third-order valence-corrected chi connectivity index (χ3v) is 5.67. The van der Waals surface area contributed by atoms with Gasteiger partial charge in [0.05, 0.1) is 0 Å². The van der Waals surface area contributed by atoms with Crippen LogP contribution in [0.15, 0.2) is 60.1 Å². The average Bonchev–Trinajstić information content (AvgIpc) is 2.65. The number of rotatable bonds is 7. The highest BCUT2D eigenvalue weighted by Crippen LogP contribution is 2.40. The smallest absolute Gasteiger partial charge is 0.0219 e. The Bertz CT molecular complexity index is 911. The highest BCUT2D eigenvalue weighted by Gasteiger charge is 2.19. The van der Waals surface area contributed by atoms with Crippen molar-refractivity contribution in [1.82, 2.24) is 0 Å². The third-order valence-electron chi connectivity index (χ3n) is 4.96. The van der Waals surface area contributed by atoms with Gasteiger partial charge in [-0.2, -0.15) is 0 Å². The lowest BCUT2D eigenvalue weighted by Gasteiger charge is -2.22. The van der Waals surface area contributed by atoms with E-state index in [0.717, 1.165) is 17.3 Å². The third kappa shape index (κ3) is 4.42. The summed E-state index contributed by atoms with van der Waals surface area (Å²) in [5.41, 5.74) is 10.3. The molecule has 2 rings (SSSR count). The quantitative estimate of drug-likeness (QED) is 0.312. The van der Waals surface area contributed by atoms with Crippen LogP contribution in [0.5, 0.6) is 0 Å². The second-order valence-corrected chi connectivity index (χ2v) is 7.55. The van der Waals surface area contributed by atoms with Gasteiger partial charge in [-0.1, -0.05) is 84.6 Å². The van der Waals surface area contributed by atoms with E-state index in [9.17, 15) is 0 Å². The van der Waals surface area contributed by atoms with Crippen molar-refractivity contribution in [3.8, 4) is 11.1 Å². The zero-order chi connectivity index (χ0) is 20.0. The van der Waals surface area contributed by atoms with E-state index >= 15 is 0 Å².